The van der Waals surface area contributed by atoms with Gasteiger partial charge in [-0.2, -0.15) is 10.5 Å². The molecule has 1 aliphatic rings. The highest BCUT2D eigenvalue weighted by molar-refractivity contribution is 7.98. The minimum atomic E-state index is -0.378. The standard InChI is InChI=1S/C22H18N6OS/c1-12-8-13(2)26-22(15(12)9-23)30-11-17-19-18(14-6-4-3-5-7-14)16(10-24)20(25)29-21(19)28-27-17/h3-8,18H,11,25H2,1-2H3,(H,27,28)/t18-/m1/s1. The molecule has 0 radical (unpaired) electrons. The zero-order chi connectivity index (χ0) is 21.3. The third kappa shape index (κ3) is 3.38. The maximum Gasteiger partial charge on any atom is 0.244 e. The van der Waals surface area contributed by atoms with Crippen molar-refractivity contribution in [2.24, 2.45) is 5.73 Å². The summed E-state index contributed by atoms with van der Waals surface area (Å²) in [5, 5.41) is 27.2. The first-order valence-electron chi connectivity index (χ1n) is 9.24. The van der Waals surface area contributed by atoms with Gasteiger partial charge in [0.25, 0.3) is 0 Å². The van der Waals surface area contributed by atoms with Crippen molar-refractivity contribution in [2.45, 2.75) is 30.5 Å². The summed E-state index contributed by atoms with van der Waals surface area (Å²) < 4.78 is 5.62. The smallest absolute Gasteiger partial charge is 0.244 e. The monoisotopic (exact) mass is 414 g/mol. The van der Waals surface area contributed by atoms with Gasteiger partial charge in [-0.05, 0) is 31.0 Å². The summed E-state index contributed by atoms with van der Waals surface area (Å²) in [6.45, 7) is 3.81. The second kappa shape index (κ2) is 7.94. The van der Waals surface area contributed by atoms with Crippen LogP contribution in [0.2, 0.25) is 0 Å². The number of nitrogens with zero attached hydrogens (tertiary/aromatic N) is 4. The predicted molar refractivity (Wildman–Crippen MR) is 112 cm³/mol. The van der Waals surface area contributed by atoms with Crippen LogP contribution in [0, 0.1) is 36.5 Å². The highest BCUT2D eigenvalue weighted by atomic mass is 32.2. The lowest BCUT2D eigenvalue weighted by Crippen LogP contribution is -2.21. The Kier molecular flexibility index (Phi) is 5.18. The fourth-order valence-corrected chi connectivity index (χ4v) is 4.64. The van der Waals surface area contributed by atoms with Crippen molar-refractivity contribution >= 4 is 11.8 Å². The minimum absolute atomic E-state index is 0.0623. The van der Waals surface area contributed by atoms with E-state index in [0.29, 0.717) is 27.8 Å². The highest BCUT2D eigenvalue weighted by Crippen LogP contribution is 2.44. The number of rotatable bonds is 4. The lowest BCUT2D eigenvalue weighted by molar-refractivity contribution is 0.379. The number of nitriles is 2. The number of benzene rings is 1. The molecule has 4 rings (SSSR count). The van der Waals surface area contributed by atoms with E-state index in [-0.39, 0.29) is 11.8 Å². The molecule has 1 aromatic carbocycles. The highest BCUT2D eigenvalue weighted by Gasteiger charge is 2.35. The summed E-state index contributed by atoms with van der Waals surface area (Å²) in [5.41, 5.74) is 11.2. The number of thioether (sulfide) groups is 1. The van der Waals surface area contributed by atoms with E-state index in [1.807, 2.05) is 50.2 Å². The van der Waals surface area contributed by atoms with Crippen molar-refractivity contribution in [3.05, 3.63) is 81.5 Å². The molecule has 3 heterocycles. The van der Waals surface area contributed by atoms with Crippen molar-refractivity contribution in [3.63, 3.8) is 0 Å². The number of aromatic nitrogens is 3. The summed E-state index contributed by atoms with van der Waals surface area (Å²) in [7, 11) is 0. The lowest BCUT2D eigenvalue weighted by Gasteiger charge is -2.24. The number of aromatic amines is 1. The van der Waals surface area contributed by atoms with E-state index in [9.17, 15) is 10.5 Å². The van der Waals surface area contributed by atoms with Gasteiger partial charge in [0.15, 0.2) is 0 Å². The van der Waals surface area contributed by atoms with Crippen LogP contribution in [0.4, 0.5) is 0 Å². The fourth-order valence-electron chi connectivity index (χ4n) is 3.58. The van der Waals surface area contributed by atoms with Gasteiger partial charge in [0, 0.05) is 11.4 Å². The number of allylic oxidation sites excluding steroid dienone is 1. The molecule has 3 aromatic rings. The second-order valence-corrected chi connectivity index (χ2v) is 7.88. The molecule has 0 saturated carbocycles. The largest absolute Gasteiger partial charge is 0.420 e. The van der Waals surface area contributed by atoms with Gasteiger partial charge in [-0.25, -0.2) is 4.98 Å². The number of nitrogens with two attached hydrogens (primary N) is 1. The maximum atomic E-state index is 9.73. The summed E-state index contributed by atoms with van der Waals surface area (Å²) in [6, 6.07) is 16.0. The molecule has 2 aromatic heterocycles. The first-order valence-corrected chi connectivity index (χ1v) is 10.2. The minimum Gasteiger partial charge on any atom is -0.420 e. The van der Waals surface area contributed by atoms with Gasteiger partial charge in [-0.1, -0.05) is 42.1 Å². The third-order valence-corrected chi connectivity index (χ3v) is 5.93. The Morgan fingerprint density at radius 1 is 1.20 bits per heavy atom. The van der Waals surface area contributed by atoms with Crippen molar-refractivity contribution in [3.8, 4) is 18.0 Å². The zero-order valence-corrected chi connectivity index (χ0v) is 17.2. The van der Waals surface area contributed by atoms with Crippen LogP contribution in [-0.2, 0) is 5.75 Å². The van der Waals surface area contributed by atoms with Gasteiger partial charge in [0.2, 0.25) is 11.8 Å². The summed E-state index contributed by atoms with van der Waals surface area (Å²) >= 11 is 1.45. The molecule has 148 valence electrons. The molecule has 3 N–H and O–H groups in total. The van der Waals surface area contributed by atoms with Gasteiger partial charge in [0.05, 0.1) is 22.7 Å². The number of ether oxygens (including phenoxy) is 1. The zero-order valence-electron chi connectivity index (χ0n) is 16.4. The molecule has 8 heteroatoms. The van der Waals surface area contributed by atoms with Gasteiger partial charge in [-0.15, -0.1) is 5.10 Å². The Hall–Kier alpha value is -3.75. The number of nitrogens with one attached hydrogen (secondary N) is 1. The molecule has 0 bridgehead atoms. The Morgan fingerprint density at radius 3 is 2.67 bits per heavy atom. The van der Waals surface area contributed by atoms with E-state index < -0.39 is 0 Å². The first-order chi connectivity index (χ1) is 14.5. The number of fused-ring (bicyclic) bond motifs is 1. The van der Waals surface area contributed by atoms with Crippen LogP contribution in [-0.4, -0.2) is 15.2 Å². The van der Waals surface area contributed by atoms with Crippen LogP contribution in [0.5, 0.6) is 5.88 Å². The molecular formula is C22H18N6OS. The molecule has 1 atom stereocenters. The second-order valence-electron chi connectivity index (χ2n) is 6.92. The molecule has 0 amide bonds. The number of aryl methyl sites for hydroxylation is 2. The van der Waals surface area contributed by atoms with Crippen LogP contribution in [0.1, 0.15) is 39.6 Å². The van der Waals surface area contributed by atoms with Gasteiger partial charge in [0.1, 0.15) is 22.7 Å². The average Bonchev–Trinajstić information content (AvgIpc) is 3.13. The van der Waals surface area contributed by atoms with Gasteiger partial charge < -0.3 is 10.5 Å². The molecule has 1 aliphatic heterocycles. The molecule has 0 fully saturated rings. The van der Waals surface area contributed by atoms with Gasteiger partial charge in [-0.3, -0.25) is 5.10 Å². The number of H-pyrrole nitrogens is 1. The summed E-state index contributed by atoms with van der Waals surface area (Å²) in [6.07, 6.45) is 0. The van der Waals surface area contributed by atoms with Crippen molar-refractivity contribution in [1.29, 1.82) is 10.5 Å². The number of hydrogen-bond acceptors (Lipinski definition) is 7. The van der Waals surface area contributed by atoms with E-state index >= 15 is 0 Å². The summed E-state index contributed by atoms with van der Waals surface area (Å²) in [5.74, 6) is 0.534. The van der Waals surface area contributed by atoms with Crippen LogP contribution in [0.15, 0.2) is 52.9 Å². The third-order valence-electron chi connectivity index (χ3n) is 4.93. The molecule has 30 heavy (non-hydrogen) atoms. The topological polar surface area (TPSA) is 124 Å². The molecule has 0 spiro atoms. The number of pyridine rings is 1. The van der Waals surface area contributed by atoms with Crippen molar-refractivity contribution < 1.29 is 4.74 Å². The van der Waals surface area contributed by atoms with E-state index in [2.05, 4.69) is 27.3 Å². The maximum absolute atomic E-state index is 9.73. The Morgan fingerprint density at radius 2 is 1.97 bits per heavy atom. The Balaban J connectivity index is 1.74. The Labute approximate surface area is 178 Å². The average molecular weight is 414 g/mol. The first kappa shape index (κ1) is 19.6. The lowest BCUT2D eigenvalue weighted by atomic mass is 9.84. The molecule has 7 nitrogen and oxygen atoms in total. The fraction of sp³-hybridized carbons (Fsp3) is 0.182. The normalized spacial score (nSPS) is 15.1. The Bertz CT molecular complexity index is 1230. The molecular weight excluding hydrogens is 396 g/mol. The van der Waals surface area contributed by atoms with Crippen LogP contribution in [0.25, 0.3) is 0 Å². The van der Waals surface area contributed by atoms with E-state index in [4.69, 9.17) is 10.5 Å². The van der Waals surface area contributed by atoms with Gasteiger partial charge >= 0.3 is 0 Å². The van der Waals surface area contributed by atoms with E-state index in [1.54, 1.807) is 0 Å². The van der Waals surface area contributed by atoms with Crippen LogP contribution < -0.4 is 10.5 Å². The summed E-state index contributed by atoms with van der Waals surface area (Å²) in [4.78, 5) is 4.53. The van der Waals surface area contributed by atoms with Crippen LogP contribution >= 0.6 is 11.8 Å². The van der Waals surface area contributed by atoms with Crippen molar-refractivity contribution in [1.82, 2.24) is 15.2 Å². The SMILES string of the molecule is Cc1cc(C)c(C#N)c(SCc2[nH]nc3c2[C@H](c2ccccc2)C(C#N)=C(N)O3)n1. The number of hydrogen-bond donors (Lipinski definition) is 2. The molecule has 0 aliphatic carbocycles. The molecule has 0 unspecified atom stereocenters. The quantitative estimate of drug-likeness (QED) is 0.622. The van der Waals surface area contributed by atoms with Crippen molar-refractivity contribution in [2.75, 3.05) is 0 Å². The van der Waals surface area contributed by atoms with E-state index in [0.717, 1.165) is 28.1 Å². The van der Waals surface area contributed by atoms with E-state index in [1.165, 1.54) is 11.8 Å². The molecule has 0 saturated heterocycles. The predicted octanol–water partition coefficient (Wildman–Crippen LogP) is 3.80. The van der Waals surface area contributed by atoms with Crippen LogP contribution in [0.3, 0.4) is 0 Å².